The van der Waals surface area contributed by atoms with Crippen molar-refractivity contribution in [1.29, 1.82) is 0 Å². The van der Waals surface area contributed by atoms with E-state index >= 15 is 0 Å². The van der Waals surface area contributed by atoms with Crippen LogP contribution in [0.1, 0.15) is 0 Å². The normalized spacial score (nSPS) is 11.7. The average molecular weight is 455 g/mol. The second-order valence-electron chi connectivity index (χ2n) is 8.72. The lowest BCUT2D eigenvalue weighted by Crippen LogP contribution is -2.09. The van der Waals surface area contributed by atoms with Gasteiger partial charge in [-0.25, -0.2) is 0 Å². The number of anilines is 2. The van der Waals surface area contributed by atoms with E-state index in [0.717, 1.165) is 0 Å². The highest BCUT2D eigenvalue weighted by Crippen LogP contribution is 2.37. The number of thiophene rings is 1. The Balaban J connectivity index is 1.29. The van der Waals surface area contributed by atoms with Crippen LogP contribution in [0.3, 0.4) is 0 Å². The summed E-state index contributed by atoms with van der Waals surface area (Å²) in [5, 5.41) is 5.25. The molecule has 0 spiro atoms. The molecule has 0 radical (unpaired) electrons. The van der Waals surface area contributed by atoms with Crippen LogP contribution < -0.4 is 4.90 Å². The number of hydrogen-bond donors (Lipinski definition) is 0. The van der Waals surface area contributed by atoms with Gasteiger partial charge in [0.05, 0.1) is 11.0 Å². The van der Waals surface area contributed by atoms with Crippen LogP contribution in [-0.2, 0) is 0 Å². The Bertz CT molecular complexity index is 1770. The van der Waals surface area contributed by atoms with Gasteiger partial charge in [-0.1, -0.05) is 60.7 Å². The van der Waals surface area contributed by atoms with Crippen molar-refractivity contribution in [2.24, 2.45) is 0 Å². The summed E-state index contributed by atoms with van der Waals surface area (Å²) in [5.74, 6) is 0. The Morgan fingerprint density at radius 3 is 1.79 bits per heavy atom. The third-order valence-electron chi connectivity index (χ3n) is 6.82. The average Bonchev–Trinajstić information content (AvgIpc) is 3.44. The number of para-hydroxylation sites is 2. The fourth-order valence-electron chi connectivity index (χ4n) is 5.10. The molecule has 2 heterocycles. The van der Waals surface area contributed by atoms with Gasteiger partial charge in [-0.15, -0.1) is 11.3 Å². The molecule has 0 N–H and O–H groups in total. The zero-order chi connectivity index (χ0) is 22.6. The molecule has 0 bridgehead atoms. The van der Waals surface area contributed by atoms with Gasteiger partial charge in [0.15, 0.2) is 0 Å². The van der Waals surface area contributed by atoms with Crippen molar-refractivity contribution in [3.05, 3.63) is 115 Å². The molecule has 7 rings (SSSR count). The van der Waals surface area contributed by atoms with Gasteiger partial charge >= 0.3 is 0 Å². The molecule has 0 aliphatic carbocycles. The molecule has 0 saturated heterocycles. The van der Waals surface area contributed by atoms with Crippen molar-refractivity contribution >= 4 is 64.7 Å². The van der Waals surface area contributed by atoms with Crippen molar-refractivity contribution in [1.82, 2.24) is 4.57 Å². The van der Waals surface area contributed by atoms with Crippen LogP contribution in [0.5, 0.6) is 0 Å². The molecule has 162 valence electrons. The lowest BCUT2D eigenvalue weighted by atomic mass is 10.1. The van der Waals surface area contributed by atoms with Crippen LogP contribution in [0, 0.1) is 0 Å². The van der Waals surface area contributed by atoms with Crippen LogP contribution in [0.2, 0.25) is 0 Å². The molecule has 7 aromatic rings. The second kappa shape index (κ2) is 7.47. The largest absolute Gasteiger partial charge is 0.345 e. The summed E-state index contributed by atoms with van der Waals surface area (Å²) >= 11 is 1.86. The van der Waals surface area contributed by atoms with E-state index in [2.05, 4.69) is 132 Å². The number of aromatic nitrogens is 1. The number of benzene rings is 5. The molecule has 2 nitrogen and oxygen atoms in total. The van der Waals surface area contributed by atoms with E-state index < -0.39 is 0 Å². The highest BCUT2D eigenvalue weighted by molar-refractivity contribution is 7.25. The molecule has 5 aromatic carbocycles. The zero-order valence-electron chi connectivity index (χ0n) is 18.8. The van der Waals surface area contributed by atoms with Crippen LogP contribution in [-0.4, -0.2) is 11.6 Å². The molecule has 0 atom stereocenters. The summed E-state index contributed by atoms with van der Waals surface area (Å²) in [7, 11) is 2.14. The smallest absolute Gasteiger partial charge is 0.0541 e. The predicted molar refractivity (Wildman–Crippen MR) is 148 cm³/mol. The molecular weight excluding hydrogens is 432 g/mol. The van der Waals surface area contributed by atoms with Gasteiger partial charge in [0.1, 0.15) is 0 Å². The second-order valence-corrected chi connectivity index (χ2v) is 9.81. The van der Waals surface area contributed by atoms with Gasteiger partial charge in [0.2, 0.25) is 0 Å². The summed E-state index contributed by atoms with van der Waals surface area (Å²) < 4.78 is 5.03. The fourth-order valence-corrected chi connectivity index (χ4v) is 6.24. The Morgan fingerprint density at radius 1 is 0.529 bits per heavy atom. The highest BCUT2D eigenvalue weighted by atomic mass is 32.1. The molecule has 2 aromatic heterocycles. The molecule has 0 amide bonds. The lowest BCUT2D eigenvalue weighted by Gasteiger charge is -2.20. The van der Waals surface area contributed by atoms with E-state index in [0.29, 0.717) is 0 Å². The van der Waals surface area contributed by atoms with E-state index in [4.69, 9.17) is 0 Å². The first-order chi connectivity index (χ1) is 16.8. The van der Waals surface area contributed by atoms with Crippen LogP contribution >= 0.6 is 11.3 Å². The molecule has 0 fully saturated rings. The Kier molecular flexibility index (Phi) is 4.26. The van der Waals surface area contributed by atoms with Gasteiger partial charge in [-0.3, -0.25) is 0 Å². The molecule has 0 unspecified atom stereocenters. The van der Waals surface area contributed by atoms with E-state index in [1.807, 2.05) is 11.3 Å². The van der Waals surface area contributed by atoms with E-state index in [1.54, 1.807) is 0 Å². The SMILES string of the molecule is CN(c1ccc(-n2c3ccccc3c3ccccc32)cc1)c1ccc2c(c1)sc1ccccc12. The summed E-state index contributed by atoms with van der Waals surface area (Å²) in [6.07, 6.45) is 0. The number of rotatable bonds is 3. The fraction of sp³-hybridized carbons (Fsp3) is 0.0323. The van der Waals surface area contributed by atoms with E-state index in [9.17, 15) is 0 Å². The number of fused-ring (bicyclic) bond motifs is 6. The van der Waals surface area contributed by atoms with Gasteiger partial charge < -0.3 is 9.47 Å². The lowest BCUT2D eigenvalue weighted by molar-refractivity contribution is 1.16. The third-order valence-corrected chi connectivity index (χ3v) is 7.96. The Morgan fingerprint density at radius 2 is 1.09 bits per heavy atom. The van der Waals surface area contributed by atoms with Gasteiger partial charge in [0, 0.05) is 55.1 Å². The first-order valence-electron chi connectivity index (χ1n) is 11.5. The molecule has 0 saturated carbocycles. The van der Waals surface area contributed by atoms with Crippen molar-refractivity contribution < 1.29 is 0 Å². The highest BCUT2D eigenvalue weighted by Gasteiger charge is 2.13. The van der Waals surface area contributed by atoms with Crippen molar-refractivity contribution in [3.63, 3.8) is 0 Å². The monoisotopic (exact) mass is 454 g/mol. The predicted octanol–water partition coefficient (Wildman–Crippen LogP) is 8.92. The summed E-state index contributed by atoms with van der Waals surface area (Å²) in [5.41, 5.74) is 6.02. The van der Waals surface area contributed by atoms with Crippen molar-refractivity contribution in [2.75, 3.05) is 11.9 Å². The molecule has 0 aliphatic rings. The molecule has 0 aliphatic heterocycles. The maximum Gasteiger partial charge on any atom is 0.0541 e. The van der Waals surface area contributed by atoms with E-state index in [1.165, 1.54) is 59.0 Å². The Hall–Kier alpha value is -4.08. The summed E-state index contributed by atoms with van der Waals surface area (Å²) in [6.45, 7) is 0. The number of hydrogen-bond acceptors (Lipinski definition) is 2. The topological polar surface area (TPSA) is 8.17 Å². The number of nitrogens with zero attached hydrogens (tertiary/aromatic N) is 2. The minimum absolute atomic E-state index is 1.17. The quantitative estimate of drug-likeness (QED) is 0.259. The van der Waals surface area contributed by atoms with E-state index in [-0.39, 0.29) is 0 Å². The maximum atomic E-state index is 2.36. The molecule has 34 heavy (non-hydrogen) atoms. The maximum absolute atomic E-state index is 2.36. The van der Waals surface area contributed by atoms with Gasteiger partial charge in [0.25, 0.3) is 0 Å². The summed E-state index contributed by atoms with van der Waals surface area (Å²) in [4.78, 5) is 2.26. The minimum Gasteiger partial charge on any atom is -0.345 e. The minimum atomic E-state index is 1.17. The van der Waals surface area contributed by atoms with Gasteiger partial charge in [-0.2, -0.15) is 0 Å². The van der Waals surface area contributed by atoms with Crippen LogP contribution in [0.4, 0.5) is 11.4 Å². The van der Waals surface area contributed by atoms with Crippen LogP contribution in [0.15, 0.2) is 115 Å². The molecule has 3 heteroatoms. The zero-order valence-corrected chi connectivity index (χ0v) is 19.6. The van der Waals surface area contributed by atoms with Crippen molar-refractivity contribution in [3.8, 4) is 5.69 Å². The molecular formula is C31H22N2S. The first kappa shape index (κ1) is 19.4. The Labute approximate surface area is 201 Å². The third kappa shape index (κ3) is 2.87. The van der Waals surface area contributed by atoms with Gasteiger partial charge in [-0.05, 0) is 54.6 Å². The standard InChI is InChI=1S/C31H22N2S/c1-32(23-18-19-27-26-10-4-7-13-30(26)34-31(27)20-23)21-14-16-22(17-15-21)33-28-11-5-2-8-24(28)25-9-3-6-12-29(25)33/h2-20H,1H3. The van der Waals surface area contributed by atoms with Crippen molar-refractivity contribution in [2.45, 2.75) is 0 Å². The summed E-state index contributed by atoms with van der Waals surface area (Å²) in [6, 6.07) is 41.6. The van der Waals surface area contributed by atoms with Crippen LogP contribution in [0.25, 0.3) is 47.7 Å². The first-order valence-corrected chi connectivity index (χ1v) is 12.3.